The van der Waals surface area contributed by atoms with E-state index in [9.17, 15) is 9.90 Å². The van der Waals surface area contributed by atoms with Gasteiger partial charge in [0.15, 0.2) is 11.4 Å². The van der Waals surface area contributed by atoms with Gasteiger partial charge in [0.25, 0.3) is 0 Å². The van der Waals surface area contributed by atoms with Gasteiger partial charge in [-0.3, -0.25) is 0 Å². The number of carboxylic acid groups (broad SMARTS) is 1. The molecule has 0 bridgehead atoms. The Morgan fingerprint density at radius 1 is 0.974 bits per heavy atom. The van der Waals surface area contributed by atoms with Gasteiger partial charge in [0.2, 0.25) is 0 Å². The van der Waals surface area contributed by atoms with Gasteiger partial charge in [-0.05, 0) is 72.1 Å². The highest BCUT2D eigenvalue weighted by Gasteiger charge is 2.33. The van der Waals surface area contributed by atoms with Gasteiger partial charge < -0.3 is 19.1 Å². The highest BCUT2D eigenvalue weighted by Crippen LogP contribution is 2.46. The Kier molecular flexibility index (Phi) is 6.39. The molecule has 0 unspecified atom stereocenters. The quantitative estimate of drug-likeness (QED) is 0.210. The number of benzene rings is 3. The minimum atomic E-state index is -1.15. The third kappa shape index (κ3) is 4.78. The summed E-state index contributed by atoms with van der Waals surface area (Å²) in [5.74, 6) is 1.34. The lowest BCUT2D eigenvalue weighted by atomic mass is 10.0. The number of ether oxygens (including phenoxy) is 2. The summed E-state index contributed by atoms with van der Waals surface area (Å²) in [6.07, 6.45) is 3.51. The first kappa shape index (κ1) is 24.3. The Morgan fingerprint density at radius 3 is 2.39 bits per heavy atom. The standard InChI is InChI=1S/C29H20Cl2N2O5/c30-22-3-1-4-23(31)25(22)26-21(28(38-33-26)16-6-7-16)15-36-19-10-8-18-14-20(11-9-17(18)13-19)37-24-5-2-12-32-27(24)29(34)35/h1-5,8-14,16H,6-7,15H2,(H,34,35). The molecule has 7 nitrogen and oxygen atoms in total. The molecule has 0 radical (unpaired) electrons. The van der Waals surface area contributed by atoms with Crippen LogP contribution in [0.25, 0.3) is 22.0 Å². The minimum Gasteiger partial charge on any atom is -0.489 e. The summed E-state index contributed by atoms with van der Waals surface area (Å²) in [5, 5.41) is 16.5. The van der Waals surface area contributed by atoms with Crippen molar-refractivity contribution in [3.63, 3.8) is 0 Å². The lowest BCUT2D eigenvalue weighted by Gasteiger charge is -2.11. The van der Waals surface area contributed by atoms with Gasteiger partial charge in [0.05, 0.1) is 15.6 Å². The number of aromatic nitrogens is 2. The number of halogens is 2. The van der Waals surface area contributed by atoms with Crippen LogP contribution >= 0.6 is 23.2 Å². The first-order valence-electron chi connectivity index (χ1n) is 11.9. The molecule has 6 rings (SSSR count). The molecule has 0 amide bonds. The van der Waals surface area contributed by atoms with Crippen LogP contribution in [0.3, 0.4) is 0 Å². The molecule has 0 aliphatic heterocycles. The van der Waals surface area contributed by atoms with E-state index >= 15 is 0 Å². The molecule has 1 saturated carbocycles. The SMILES string of the molecule is O=C(O)c1ncccc1Oc1ccc2cc(OCc3c(-c4c(Cl)cccc4Cl)noc3C3CC3)ccc2c1. The van der Waals surface area contributed by atoms with Gasteiger partial charge in [0.1, 0.15) is 29.6 Å². The van der Waals surface area contributed by atoms with Crippen molar-refractivity contribution in [3.05, 3.63) is 100.0 Å². The molecule has 9 heteroatoms. The lowest BCUT2D eigenvalue weighted by Crippen LogP contribution is -2.02. The number of pyridine rings is 1. The number of aromatic carboxylic acids is 1. The molecule has 0 atom stereocenters. The topological polar surface area (TPSA) is 94.7 Å². The van der Waals surface area contributed by atoms with Crippen molar-refractivity contribution in [3.8, 4) is 28.5 Å². The number of nitrogens with zero attached hydrogens (tertiary/aromatic N) is 2. The summed E-state index contributed by atoms with van der Waals surface area (Å²) in [6.45, 7) is 0.248. The van der Waals surface area contributed by atoms with E-state index in [1.807, 2.05) is 30.3 Å². The molecule has 0 saturated heterocycles. The summed E-state index contributed by atoms with van der Waals surface area (Å²) in [6, 6.07) is 19.7. The fourth-order valence-corrected chi connectivity index (χ4v) is 4.90. The number of fused-ring (bicyclic) bond motifs is 1. The normalized spacial score (nSPS) is 13.0. The Balaban J connectivity index is 1.25. The number of carboxylic acids is 1. The smallest absolute Gasteiger partial charge is 0.358 e. The Morgan fingerprint density at radius 2 is 1.68 bits per heavy atom. The number of hydrogen-bond acceptors (Lipinski definition) is 6. The zero-order valence-corrected chi connectivity index (χ0v) is 21.4. The van der Waals surface area contributed by atoms with Crippen LogP contribution in [0, 0.1) is 0 Å². The zero-order chi connectivity index (χ0) is 26.2. The van der Waals surface area contributed by atoms with E-state index in [2.05, 4.69) is 10.1 Å². The molecule has 5 aromatic rings. The van der Waals surface area contributed by atoms with Crippen LogP contribution in [0.15, 0.2) is 77.4 Å². The summed E-state index contributed by atoms with van der Waals surface area (Å²) in [4.78, 5) is 15.3. The monoisotopic (exact) mass is 546 g/mol. The summed E-state index contributed by atoms with van der Waals surface area (Å²) in [5.41, 5.74) is 1.93. The maximum atomic E-state index is 11.4. The van der Waals surface area contributed by atoms with Crippen LogP contribution in [-0.4, -0.2) is 21.2 Å². The molecular weight excluding hydrogens is 527 g/mol. The van der Waals surface area contributed by atoms with Gasteiger partial charge in [-0.2, -0.15) is 0 Å². The van der Waals surface area contributed by atoms with E-state index in [4.69, 9.17) is 37.2 Å². The number of hydrogen-bond donors (Lipinski definition) is 1. The molecule has 2 heterocycles. The van der Waals surface area contributed by atoms with Crippen LogP contribution in [-0.2, 0) is 6.61 Å². The van der Waals surface area contributed by atoms with Crippen molar-refractivity contribution in [1.29, 1.82) is 0 Å². The first-order valence-corrected chi connectivity index (χ1v) is 12.7. The predicted octanol–water partition coefficient (Wildman–Crippen LogP) is 8.14. The van der Waals surface area contributed by atoms with Crippen molar-refractivity contribution in [2.75, 3.05) is 0 Å². The fourth-order valence-electron chi connectivity index (χ4n) is 4.32. The maximum Gasteiger partial charge on any atom is 0.358 e. The molecular formula is C29H20Cl2N2O5. The highest BCUT2D eigenvalue weighted by molar-refractivity contribution is 6.39. The second-order valence-electron chi connectivity index (χ2n) is 8.96. The molecule has 3 aromatic carbocycles. The van der Waals surface area contributed by atoms with Gasteiger partial charge in [0, 0.05) is 17.7 Å². The number of carbonyl (C=O) groups is 1. The van der Waals surface area contributed by atoms with Gasteiger partial charge >= 0.3 is 5.97 Å². The largest absolute Gasteiger partial charge is 0.489 e. The second kappa shape index (κ2) is 10.0. The van der Waals surface area contributed by atoms with Crippen LogP contribution in [0.1, 0.15) is 40.6 Å². The van der Waals surface area contributed by atoms with E-state index in [1.54, 1.807) is 36.4 Å². The van der Waals surface area contributed by atoms with Crippen LogP contribution in [0.4, 0.5) is 0 Å². The lowest BCUT2D eigenvalue weighted by molar-refractivity contribution is 0.0687. The van der Waals surface area contributed by atoms with Crippen LogP contribution < -0.4 is 9.47 Å². The van der Waals surface area contributed by atoms with E-state index in [1.165, 1.54) is 6.20 Å². The zero-order valence-electron chi connectivity index (χ0n) is 19.9. The van der Waals surface area contributed by atoms with Crippen molar-refractivity contribution in [2.24, 2.45) is 0 Å². The van der Waals surface area contributed by atoms with Crippen molar-refractivity contribution in [1.82, 2.24) is 10.1 Å². The molecule has 1 aliphatic carbocycles. The summed E-state index contributed by atoms with van der Waals surface area (Å²) in [7, 11) is 0. The molecule has 0 spiro atoms. The molecule has 1 fully saturated rings. The maximum absolute atomic E-state index is 11.4. The van der Waals surface area contributed by atoms with Gasteiger partial charge in [-0.1, -0.05) is 46.6 Å². The molecule has 1 aliphatic rings. The van der Waals surface area contributed by atoms with Gasteiger partial charge in [-0.25, -0.2) is 9.78 Å². The van der Waals surface area contributed by atoms with E-state index in [-0.39, 0.29) is 18.1 Å². The van der Waals surface area contributed by atoms with Crippen molar-refractivity contribution < 1.29 is 23.9 Å². The summed E-state index contributed by atoms with van der Waals surface area (Å²) >= 11 is 12.9. The van der Waals surface area contributed by atoms with Crippen molar-refractivity contribution >= 4 is 39.9 Å². The predicted molar refractivity (Wildman–Crippen MR) is 143 cm³/mol. The van der Waals surface area contributed by atoms with Crippen LogP contribution in [0.5, 0.6) is 17.2 Å². The van der Waals surface area contributed by atoms with E-state index < -0.39 is 5.97 Å². The second-order valence-corrected chi connectivity index (χ2v) is 9.78. The Bertz CT molecular complexity index is 1660. The molecule has 1 N–H and O–H groups in total. The third-order valence-electron chi connectivity index (χ3n) is 6.33. The highest BCUT2D eigenvalue weighted by atomic mass is 35.5. The fraction of sp³-hybridized carbons (Fsp3) is 0.138. The molecule has 190 valence electrons. The van der Waals surface area contributed by atoms with E-state index in [0.717, 1.165) is 34.9 Å². The van der Waals surface area contributed by atoms with Crippen molar-refractivity contribution in [2.45, 2.75) is 25.4 Å². The van der Waals surface area contributed by atoms with Gasteiger partial charge in [-0.15, -0.1) is 0 Å². The Labute approximate surface area is 227 Å². The molecule has 38 heavy (non-hydrogen) atoms. The first-order chi connectivity index (χ1) is 18.5. The average molecular weight is 547 g/mol. The average Bonchev–Trinajstić information content (AvgIpc) is 3.67. The number of rotatable bonds is 8. The third-order valence-corrected chi connectivity index (χ3v) is 6.96. The minimum absolute atomic E-state index is 0.145. The summed E-state index contributed by atoms with van der Waals surface area (Å²) < 4.78 is 17.7. The Hall–Kier alpha value is -4.07. The van der Waals surface area contributed by atoms with E-state index in [0.29, 0.717) is 38.7 Å². The van der Waals surface area contributed by atoms with Crippen LogP contribution in [0.2, 0.25) is 10.0 Å². The molecule has 2 aromatic heterocycles.